The number of benzene rings is 1. The van der Waals surface area contributed by atoms with Gasteiger partial charge in [0.15, 0.2) is 5.78 Å². The molecule has 1 aromatic heterocycles. The topological polar surface area (TPSA) is 56.3 Å². The Bertz CT molecular complexity index is 783. The summed E-state index contributed by atoms with van der Waals surface area (Å²) >= 11 is 6.31. The number of pyridine rings is 1. The summed E-state index contributed by atoms with van der Waals surface area (Å²) in [6, 6.07) is 7.18. The van der Waals surface area contributed by atoms with Gasteiger partial charge in [0.25, 0.3) is 0 Å². The number of esters is 1. The first kappa shape index (κ1) is 13.8. The van der Waals surface area contributed by atoms with Gasteiger partial charge in [-0.25, -0.2) is 4.79 Å². The molecule has 1 heterocycles. The van der Waals surface area contributed by atoms with E-state index in [1.165, 1.54) is 0 Å². The molecule has 0 atom stereocenters. The first-order valence-corrected chi connectivity index (χ1v) is 6.95. The standard InChI is InChI=1S/C16H12ClNO3/c1-3-21-16(20)11-8(2)18-14-9-6-4-5-7-10(9)15(19)12(14)13(11)17/h4-7H,3H2,1-2H3. The number of halogens is 1. The molecule has 0 aliphatic heterocycles. The minimum Gasteiger partial charge on any atom is -0.462 e. The van der Waals surface area contributed by atoms with Crippen LogP contribution in [0.25, 0.3) is 11.3 Å². The molecule has 0 saturated carbocycles. The molecule has 0 unspecified atom stereocenters. The summed E-state index contributed by atoms with van der Waals surface area (Å²) in [7, 11) is 0. The first-order chi connectivity index (χ1) is 10.1. The number of carbonyl (C=O) groups is 2. The van der Waals surface area contributed by atoms with Crippen molar-refractivity contribution >= 4 is 23.4 Å². The molecule has 1 aliphatic rings. The number of hydrogen-bond donors (Lipinski definition) is 0. The van der Waals surface area contributed by atoms with Gasteiger partial charge in [-0.3, -0.25) is 9.78 Å². The Morgan fingerprint density at radius 2 is 1.95 bits per heavy atom. The Hall–Kier alpha value is -2.20. The average molecular weight is 302 g/mol. The molecule has 0 fully saturated rings. The highest BCUT2D eigenvalue weighted by Crippen LogP contribution is 2.40. The molecule has 0 amide bonds. The van der Waals surface area contributed by atoms with Gasteiger partial charge in [0, 0.05) is 11.1 Å². The van der Waals surface area contributed by atoms with Crippen molar-refractivity contribution in [2.75, 3.05) is 6.61 Å². The van der Waals surface area contributed by atoms with E-state index in [-0.39, 0.29) is 28.5 Å². The van der Waals surface area contributed by atoms with Crippen molar-refractivity contribution < 1.29 is 14.3 Å². The number of aromatic nitrogens is 1. The second-order valence-electron chi connectivity index (χ2n) is 4.70. The molecule has 4 nitrogen and oxygen atoms in total. The predicted molar refractivity (Wildman–Crippen MR) is 78.8 cm³/mol. The van der Waals surface area contributed by atoms with Gasteiger partial charge in [-0.05, 0) is 13.8 Å². The first-order valence-electron chi connectivity index (χ1n) is 6.57. The Labute approximate surface area is 126 Å². The molecular formula is C16H12ClNO3. The van der Waals surface area contributed by atoms with E-state index in [0.29, 0.717) is 17.0 Å². The molecule has 106 valence electrons. The Morgan fingerprint density at radius 3 is 2.62 bits per heavy atom. The maximum atomic E-state index is 12.5. The fourth-order valence-corrected chi connectivity index (χ4v) is 2.92. The Morgan fingerprint density at radius 1 is 1.29 bits per heavy atom. The second-order valence-corrected chi connectivity index (χ2v) is 5.08. The summed E-state index contributed by atoms with van der Waals surface area (Å²) in [5.74, 6) is -0.761. The molecule has 0 radical (unpaired) electrons. The van der Waals surface area contributed by atoms with Crippen LogP contribution < -0.4 is 0 Å². The summed E-state index contributed by atoms with van der Waals surface area (Å²) in [6.07, 6.45) is 0. The van der Waals surface area contributed by atoms with E-state index in [0.717, 1.165) is 5.56 Å². The van der Waals surface area contributed by atoms with E-state index in [2.05, 4.69) is 4.98 Å². The highest BCUT2D eigenvalue weighted by molar-refractivity contribution is 6.40. The third-order valence-electron chi connectivity index (χ3n) is 3.45. The van der Waals surface area contributed by atoms with Gasteiger partial charge in [-0.2, -0.15) is 0 Å². The van der Waals surface area contributed by atoms with Gasteiger partial charge >= 0.3 is 5.97 Å². The van der Waals surface area contributed by atoms with Crippen molar-refractivity contribution in [2.45, 2.75) is 13.8 Å². The fourth-order valence-electron chi connectivity index (χ4n) is 2.53. The SMILES string of the molecule is CCOC(=O)c1c(C)nc2c(c1Cl)C(=O)c1ccccc1-2. The van der Waals surface area contributed by atoms with Crippen molar-refractivity contribution in [3.05, 3.63) is 51.7 Å². The number of ketones is 1. The average Bonchev–Trinajstić information content (AvgIpc) is 2.73. The van der Waals surface area contributed by atoms with Crippen LogP contribution in [0.2, 0.25) is 5.02 Å². The number of fused-ring (bicyclic) bond motifs is 3. The molecule has 5 heteroatoms. The lowest BCUT2D eigenvalue weighted by atomic mass is 10.1. The van der Waals surface area contributed by atoms with Crippen molar-refractivity contribution in [2.24, 2.45) is 0 Å². The molecule has 21 heavy (non-hydrogen) atoms. The summed E-state index contributed by atoms with van der Waals surface area (Å²) in [5, 5.41) is 0.122. The van der Waals surface area contributed by atoms with Gasteiger partial charge in [-0.15, -0.1) is 0 Å². The Balaban J connectivity index is 2.27. The molecule has 1 aliphatic carbocycles. The second kappa shape index (κ2) is 4.97. The van der Waals surface area contributed by atoms with Crippen LogP contribution in [0, 0.1) is 6.92 Å². The largest absolute Gasteiger partial charge is 0.462 e. The van der Waals surface area contributed by atoms with E-state index in [4.69, 9.17) is 16.3 Å². The van der Waals surface area contributed by atoms with Crippen LogP contribution in [-0.4, -0.2) is 23.3 Å². The van der Waals surface area contributed by atoms with Crippen LogP contribution >= 0.6 is 11.6 Å². The third-order valence-corrected chi connectivity index (χ3v) is 3.83. The minimum atomic E-state index is -0.556. The molecule has 2 aromatic rings. The monoisotopic (exact) mass is 301 g/mol. The lowest BCUT2D eigenvalue weighted by molar-refractivity contribution is 0.0525. The maximum Gasteiger partial charge on any atom is 0.341 e. The van der Waals surface area contributed by atoms with E-state index in [1.54, 1.807) is 26.0 Å². The lowest BCUT2D eigenvalue weighted by Gasteiger charge is -2.10. The highest BCUT2D eigenvalue weighted by Gasteiger charge is 2.33. The van der Waals surface area contributed by atoms with Crippen LogP contribution in [0.3, 0.4) is 0 Å². The molecule has 0 saturated heterocycles. The van der Waals surface area contributed by atoms with Gasteiger partial charge in [-0.1, -0.05) is 35.9 Å². The van der Waals surface area contributed by atoms with E-state index in [1.807, 2.05) is 12.1 Å². The fraction of sp³-hybridized carbons (Fsp3) is 0.188. The molecule has 1 aromatic carbocycles. The van der Waals surface area contributed by atoms with Crippen LogP contribution in [0.15, 0.2) is 24.3 Å². The highest BCUT2D eigenvalue weighted by atomic mass is 35.5. The number of carbonyl (C=O) groups excluding carboxylic acids is 2. The summed E-state index contributed by atoms with van der Waals surface area (Å²) in [5.41, 5.74) is 2.75. The zero-order chi connectivity index (χ0) is 15.1. The number of aryl methyl sites for hydroxylation is 1. The number of ether oxygens (including phenoxy) is 1. The van der Waals surface area contributed by atoms with Crippen molar-refractivity contribution in [3.8, 4) is 11.3 Å². The molecule has 0 bridgehead atoms. The minimum absolute atomic E-state index is 0.122. The number of hydrogen-bond acceptors (Lipinski definition) is 4. The summed E-state index contributed by atoms with van der Waals surface area (Å²) in [4.78, 5) is 28.9. The van der Waals surface area contributed by atoms with E-state index in [9.17, 15) is 9.59 Å². The Kier molecular flexibility index (Phi) is 3.26. The lowest BCUT2D eigenvalue weighted by Crippen LogP contribution is -2.11. The number of nitrogens with zero attached hydrogens (tertiary/aromatic N) is 1. The van der Waals surface area contributed by atoms with E-state index >= 15 is 0 Å². The van der Waals surface area contributed by atoms with Gasteiger partial charge in [0.05, 0.1) is 28.6 Å². The maximum absolute atomic E-state index is 12.5. The van der Waals surface area contributed by atoms with Crippen molar-refractivity contribution in [1.29, 1.82) is 0 Å². The van der Waals surface area contributed by atoms with Gasteiger partial charge in [0.1, 0.15) is 5.56 Å². The van der Waals surface area contributed by atoms with Gasteiger partial charge in [0.2, 0.25) is 0 Å². The third kappa shape index (κ3) is 1.94. The summed E-state index contributed by atoms with van der Waals surface area (Å²) in [6.45, 7) is 3.63. The molecule has 3 rings (SSSR count). The molecular weight excluding hydrogens is 290 g/mol. The van der Waals surface area contributed by atoms with Crippen LogP contribution in [0.5, 0.6) is 0 Å². The van der Waals surface area contributed by atoms with Crippen LogP contribution in [-0.2, 0) is 4.74 Å². The predicted octanol–water partition coefficient (Wildman–Crippen LogP) is 3.43. The van der Waals surface area contributed by atoms with Crippen LogP contribution in [0.4, 0.5) is 0 Å². The van der Waals surface area contributed by atoms with Crippen LogP contribution in [0.1, 0.15) is 38.9 Å². The quantitative estimate of drug-likeness (QED) is 0.680. The molecule has 0 N–H and O–H groups in total. The summed E-state index contributed by atoms with van der Waals surface area (Å²) < 4.78 is 4.99. The number of rotatable bonds is 2. The van der Waals surface area contributed by atoms with Crippen molar-refractivity contribution in [1.82, 2.24) is 4.98 Å². The van der Waals surface area contributed by atoms with Crippen molar-refractivity contribution in [3.63, 3.8) is 0 Å². The normalized spacial score (nSPS) is 12.0. The van der Waals surface area contributed by atoms with E-state index < -0.39 is 5.97 Å². The van der Waals surface area contributed by atoms with Gasteiger partial charge < -0.3 is 4.74 Å². The zero-order valence-electron chi connectivity index (χ0n) is 11.6. The molecule has 0 spiro atoms. The zero-order valence-corrected chi connectivity index (χ0v) is 12.3. The smallest absolute Gasteiger partial charge is 0.341 e.